The highest BCUT2D eigenvalue weighted by Gasteiger charge is 2.17. The zero-order chi connectivity index (χ0) is 19.9. The summed E-state index contributed by atoms with van der Waals surface area (Å²) in [6, 6.07) is 1.63. The molecule has 0 saturated heterocycles. The van der Waals surface area contributed by atoms with Crippen molar-refractivity contribution < 1.29 is 14.6 Å². The first-order chi connectivity index (χ1) is 13.2. The van der Waals surface area contributed by atoms with E-state index in [1.54, 1.807) is 13.2 Å². The Labute approximate surface area is 171 Å². The van der Waals surface area contributed by atoms with E-state index in [1.165, 1.54) is 77.7 Å². The van der Waals surface area contributed by atoms with Gasteiger partial charge in [-0.15, -0.1) is 0 Å². The minimum Gasteiger partial charge on any atom is -0.504 e. The number of phenolic OH excluding ortho intramolecular Hbond substituents is 1. The highest BCUT2D eigenvalue weighted by molar-refractivity contribution is 6.33. The van der Waals surface area contributed by atoms with Gasteiger partial charge >= 0.3 is 0 Å². The normalized spacial score (nSPS) is 11.0. The fraction of sp³-hybridized carbons (Fsp3) is 0.739. The van der Waals surface area contributed by atoms with Crippen molar-refractivity contribution >= 4 is 11.6 Å². The molecule has 0 aromatic heterocycles. The van der Waals surface area contributed by atoms with Crippen molar-refractivity contribution in [2.45, 2.75) is 96.8 Å². The Bertz CT molecular complexity index is 489. The molecule has 156 valence electrons. The van der Waals surface area contributed by atoms with Crippen LogP contribution in [0.5, 0.6) is 17.2 Å². The molecule has 0 aliphatic heterocycles. The number of benzene rings is 1. The SMILES string of the molecule is CCCCCCCCCCCCCCCc1c(O)c(OC)cc(OC)c1Cl. The molecule has 0 atom stereocenters. The molecule has 27 heavy (non-hydrogen) atoms. The number of hydrogen-bond acceptors (Lipinski definition) is 3. The van der Waals surface area contributed by atoms with Gasteiger partial charge in [0.15, 0.2) is 11.5 Å². The molecule has 4 heteroatoms. The third kappa shape index (κ3) is 9.10. The summed E-state index contributed by atoms with van der Waals surface area (Å²) in [7, 11) is 3.12. The number of methoxy groups -OCH3 is 2. The second kappa shape index (κ2) is 14.9. The van der Waals surface area contributed by atoms with E-state index in [4.69, 9.17) is 21.1 Å². The topological polar surface area (TPSA) is 38.7 Å². The van der Waals surface area contributed by atoms with Crippen molar-refractivity contribution in [2.75, 3.05) is 14.2 Å². The largest absolute Gasteiger partial charge is 0.504 e. The average Bonchev–Trinajstić information content (AvgIpc) is 2.68. The van der Waals surface area contributed by atoms with E-state index in [-0.39, 0.29) is 5.75 Å². The molecule has 0 unspecified atom stereocenters. The van der Waals surface area contributed by atoms with Crippen LogP contribution < -0.4 is 9.47 Å². The fourth-order valence-corrected chi connectivity index (χ4v) is 3.82. The molecule has 0 bridgehead atoms. The summed E-state index contributed by atoms with van der Waals surface area (Å²) in [6.07, 6.45) is 17.9. The van der Waals surface area contributed by atoms with Crippen LogP contribution >= 0.6 is 11.6 Å². The van der Waals surface area contributed by atoms with E-state index in [1.807, 2.05) is 0 Å². The molecule has 0 aliphatic carbocycles. The zero-order valence-corrected chi connectivity index (χ0v) is 18.4. The number of halogens is 1. The Balaban J connectivity index is 2.15. The van der Waals surface area contributed by atoms with Crippen molar-refractivity contribution in [3.63, 3.8) is 0 Å². The van der Waals surface area contributed by atoms with E-state index in [0.717, 1.165) is 24.8 Å². The maximum Gasteiger partial charge on any atom is 0.164 e. The van der Waals surface area contributed by atoms with Crippen LogP contribution in [0.3, 0.4) is 0 Å². The molecule has 0 aliphatic rings. The van der Waals surface area contributed by atoms with Crippen LogP contribution in [0.15, 0.2) is 6.07 Å². The fourth-order valence-electron chi connectivity index (χ4n) is 3.50. The molecule has 0 fully saturated rings. The molecule has 0 spiro atoms. The number of aromatic hydroxyl groups is 1. The first kappa shape index (κ1) is 23.9. The van der Waals surface area contributed by atoms with Crippen LogP contribution in [0.25, 0.3) is 0 Å². The standard InChI is InChI=1S/C23H39ClO3/c1-4-5-6-7-8-9-10-11-12-13-14-15-16-17-19-22(24)20(26-2)18-21(27-3)23(19)25/h18,25H,4-17H2,1-3H3. The van der Waals surface area contributed by atoms with E-state index in [0.29, 0.717) is 16.5 Å². The molecule has 1 aromatic carbocycles. The summed E-state index contributed by atoms with van der Waals surface area (Å²) in [5.41, 5.74) is 0.732. The highest BCUT2D eigenvalue weighted by atomic mass is 35.5. The van der Waals surface area contributed by atoms with E-state index in [2.05, 4.69) is 6.92 Å². The lowest BCUT2D eigenvalue weighted by atomic mass is 10.0. The first-order valence-electron chi connectivity index (χ1n) is 10.8. The van der Waals surface area contributed by atoms with Crippen molar-refractivity contribution in [1.82, 2.24) is 0 Å². The molecule has 1 rings (SSSR count). The van der Waals surface area contributed by atoms with Crippen LogP contribution in [-0.2, 0) is 6.42 Å². The Morgan fingerprint density at radius 1 is 0.741 bits per heavy atom. The van der Waals surface area contributed by atoms with Gasteiger partial charge in [0.2, 0.25) is 0 Å². The highest BCUT2D eigenvalue weighted by Crippen LogP contribution is 2.42. The third-order valence-corrected chi connectivity index (χ3v) is 5.65. The second-order valence-corrected chi connectivity index (χ2v) is 7.79. The minimum absolute atomic E-state index is 0.141. The van der Waals surface area contributed by atoms with Gasteiger partial charge in [0.05, 0.1) is 19.2 Å². The van der Waals surface area contributed by atoms with Gasteiger partial charge in [-0.05, 0) is 12.8 Å². The molecule has 3 nitrogen and oxygen atoms in total. The third-order valence-electron chi connectivity index (χ3n) is 5.23. The van der Waals surface area contributed by atoms with E-state index < -0.39 is 0 Å². The summed E-state index contributed by atoms with van der Waals surface area (Å²) in [6.45, 7) is 2.27. The lowest BCUT2D eigenvalue weighted by Gasteiger charge is -2.14. The van der Waals surface area contributed by atoms with E-state index >= 15 is 0 Å². The van der Waals surface area contributed by atoms with Crippen molar-refractivity contribution in [1.29, 1.82) is 0 Å². The van der Waals surface area contributed by atoms with Gasteiger partial charge < -0.3 is 14.6 Å². The van der Waals surface area contributed by atoms with Crippen molar-refractivity contribution in [2.24, 2.45) is 0 Å². The van der Waals surface area contributed by atoms with Crippen LogP contribution in [-0.4, -0.2) is 19.3 Å². The smallest absolute Gasteiger partial charge is 0.164 e. The molecule has 0 saturated carbocycles. The van der Waals surface area contributed by atoms with Gasteiger partial charge in [0, 0.05) is 11.6 Å². The Kier molecular flexibility index (Phi) is 13.2. The number of ether oxygens (including phenoxy) is 2. The van der Waals surface area contributed by atoms with Gasteiger partial charge in [-0.25, -0.2) is 0 Å². The summed E-state index contributed by atoms with van der Waals surface area (Å²) in [5, 5.41) is 10.8. The van der Waals surface area contributed by atoms with Gasteiger partial charge in [-0.1, -0.05) is 95.6 Å². The van der Waals surface area contributed by atoms with Crippen molar-refractivity contribution in [3.8, 4) is 17.2 Å². The number of hydrogen-bond donors (Lipinski definition) is 1. The lowest BCUT2D eigenvalue weighted by molar-refractivity contribution is 0.361. The van der Waals surface area contributed by atoms with Gasteiger partial charge in [-0.2, -0.15) is 0 Å². The van der Waals surface area contributed by atoms with Crippen LogP contribution in [0, 0.1) is 0 Å². The summed E-state index contributed by atoms with van der Waals surface area (Å²) >= 11 is 6.35. The maximum atomic E-state index is 10.3. The van der Waals surface area contributed by atoms with Gasteiger partial charge in [-0.3, -0.25) is 0 Å². The lowest BCUT2D eigenvalue weighted by Crippen LogP contribution is -1.96. The van der Waals surface area contributed by atoms with E-state index in [9.17, 15) is 5.11 Å². The molecule has 0 heterocycles. The Morgan fingerprint density at radius 3 is 1.63 bits per heavy atom. The second-order valence-electron chi connectivity index (χ2n) is 7.41. The predicted molar refractivity (Wildman–Crippen MR) is 116 cm³/mol. The van der Waals surface area contributed by atoms with Crippen LogP contribution in [0.2, 0.25) is 5.02 Å². The van der Waals surface area contributed by atoms with Gasteiger partial charge in [0.1, 0.15) is 5.75 Å². The quantitative estimate of drug-likeness (QED) is 0.290. The predicted octanol–water partition coefficient (Wildman–Crippen LogP) is 7.70. The number of rotatable bonds is 16. The van der Waals surface area contributed by atoms with Crippen LogP contribution in [0.4, 0.5) is 0 Å². The molecular formula is C23H39ClO3. The Morgan fingerprint density at radius 2 is 1.19 bits per heavy atom. The Hall–Kier alpha value is -1.09. The monoisotopic (exact) mass is 398 g/mol. The molecule has 0 amide bonds. The number of phenols is 1. The van der Waals surface area contributed by atoms with Crippen LogP contribution in [0.1, 0.15) is 96.0 Å². The summed E-state index contributed by atoms with van der Waals surface area (Å²) in [4.78, 5) is 0. The van der Waals surface area contributed by atoms with Crippen molar-refractivity contribution in [3.05, 3.63) is 16.7 Å². The molecule has 1 N–H and O–H groups in total. The molecular weight excluding hydrogens is 360 g/mol. The van der Waals surface area contributed by atoms with Gasteiger partial charge in [0.25, 0.3) is 0 Å². The molecule has 0 radical (unpaired) electrons. The average molecular weight is 399 g/mol. The zero-order valence-electron chi connectivity index (χ0n) is 17.6. The molecule has 1 aromatic rings. The minimum atomic E-state index is 0.141. The number of unbranched alkanes of at least 4 members (excludes halogenated alkanes) is 12. The summed E-state index contributed by atoms with van der Waals surface area (Å²) < 4.78 is 10.5. The summed E-state index contributed by atoms with van der Waals surface area (Å²) in [5.74, 6) is 1.11. The maximum absolute atomic E-state index is 10.3. The first-order valence-corrected chi connectivity index (χ1v) is 11.2.